The lowest BCUT2D eigenvalue weighted by Crippen LogP contribution is -2.31. The molecule has 18 heavy (non-hydrogen) atoms. The average Bonchev–Trinajstić information content (AvgIpc) is 2.40. The molecule has 3 heteroatoms. The molecular weight excluding hydrogens is 226 g/mol. The Kier molecular flexibility index (Phi) is 3.92. The normalized spacial score (nSPS) is 19.9. The van der Waals surface area contributed by atoms with E-state index in [0.29, 0.717) is 6.04 Å². The lowest BCUT2D eigenvalue weighted by atomic mass is 9.92. The Morgan fingerprint density at radius 3 is 2.50 bits per heavy atom. The van der Waals surface area contributed by atoms with Crippen molar-refractivity contribution in [3.8, 4) is 11.5 Å². The molecule has 2 rings (SSSR count). The highest BCUT2D eigenvalue weighted by Crippen LogP contribution is 2.37. The summed E-state index contributed by atoms with van der Waals surface area (Å²) in [4.78, 5) is 2.36. The minimum Gasteiger partial charge on any atom is -0.493 e. The van der Waals surface area contributed by atoms with Gasteiger partial charge in [0.25, 0.3) is 0 Å². The maximum atomic E-state index is 5.40. The van der Waals surface area contributed by atoms with E-state index < -0.39 is 0 Å². The Labute approximate surface area is 109 Å². The van der Waals surface area contributed by atoms with Crippen LogP contribution >= 0.6 is 0 Å². The molecule has 0 saturated carbocycles. The highest BCUT2D eigenvalue weighted by molar-refractivity contribution is 5.50. The number of likely N-dealkylation sites (N-methyl/N-ethyl adjacent to an activating group) is 1. The molecule has 0 spiro atoms. The molecular formula is C15H21NO2. The smallest absolute Gasteiger partial charge is 0.161 e. The summed E-state index contributed by atoms with van der Waals surface area (Å²) in [7, 11) is 5.52. The van der Waals surface area contributed by atoms with Gasteiger partial charge in [-0.25, -0.2) is 0 Å². The molecule has 1 aromatic rings. The van der Waals surface area contributed by atoms with Crippen molar-refractivity contribution in [3.05, 3.63) is 35.4 Å². The van der Waals surface area contributed by atoms with E-state index in [1.54, 1.807) is 14.2 Å². The van der Waals surface area contributed by atoms with Gasteiger partial charge >= 0.3 is 0 Å². The van der Waals surface area contributed by atoms with Crippen LogP contribution in [0.25, 0.3) is 0 Å². The number of allylic oxidation sites excluding steroid dienone is 1. The maximum absolute atomic E-state index is 5.40. The number of rotatable bonds is 3. The van der Waals surface area contributed by atoms with Gasteiger partial charge in [-0.15, -0.1) is 0 Å². The van der Waals surface area contributed by atoms with Crippen LogP contribution in [-0.2, 0) is 6.42 Å². The van der Waals surface area contributed by atoms with E-state index in [4.69, 9.17) is 9.47 Å². The van der Waals surface area contributed by atoms with Gasteiger partial charge in [-0.1, -0.05) is 12.2 Å². The summed E-state index contributed by atoms with van der Waals surface area (Å²) in [5.74, 6) is 1.63. The molecule has 1 aliphatic heterocycles. The Bertz CT molecular complexity index is 454. The SMILES string of the molecule is C/C=C/C1c2cc(OC)c(OC)cc2CCN1C. The molecule has 98 valence electrons. The summed E-state index contributed by atoms with van der Waals surface area (Å²) in [5.41, 5.74) is 2.67. The molecule has 0 saturated heterocycles. The van der Waals surface area contributed by atoms with Crippen LogP contribution in [0.2, 0.25) is 0 Å². The second-order valence-electron chi connectivity index (χ2n) is 4.61. The van der Waals surface area contributed by atoms with E-state index in [-0.39, 0.29) is 0 Å². The van der Waals surface area contributed by atoms with Gasteiger partial charge in [-0.05, 0) is 43.7 Å². The fourth-order valence-electron chi connectivity index (χ4n) is 2.53. The monoisotopic (exact) mass is 247 g/mol. The molecule has 0 amide bonds. The predicted octanol–water partition coefficient (Wildman–Crippen LogP) is 2.81. The van der Waals surface area contributed by atoms with E-state index >= 15 is 0 Å². The van der Waals surface area contributed by atoms with Gasteiger partial charge in [-0.3, -0.25) is 4.90 Å². The van der Waals surface area contributed by atoms with Crippen molar-refractivity contribution in [2.45, 2.75) is 19.4 Å². The number of hydrogen-bond donors (Lipinski definition) is 0. The topological polar surface area (TPSA) is 21.7 Å². The van der Waals surface area contributed by atoms with Gasteiger partial charge in [0.2, 0.25) is 0 Å². The van der Waals surface area contributed by atoms with Crippen LogP contribution in [-0.4, -0.2) is 32.7 Å². The maximum Gasteiger partial charge on any atom is 0.161 e. The van der Waals surface area contributed by atoms with E-state index in [2.05, 4.69) is 43.2 Å². The zero-order valence-corrected chi connectivity index (χ0v) is 11.6. The summed E-state index contributed by atoms with van der Waals surface area (Å²) in [6.07, 6.45) is 5.39. The molecule has 1 heterocycles. The van der Waals surface area contributed by atoms with E-state index in [9.17, 15) is 0 Å². The highest BCUT2D eigenvalue weighted by atomic mass is 16.5. The van der Waals surface area contributed by atoms with Crippen LogP contribution in [0.5, 0.6) is 11.5 Å². The van der Waals surface area contributed by atoms with E-state index in [0.717, 1.165) is 24.5 Å². The lowest BCUT2D eigenvalue weighted by Gasteiger charge is -2.33. The van der Waals surface area contributed by atoms with Crippen molar-refractivity contribution in [3.63, 3.8) is 0 Å². The second kappa shape index (κ2) is 5.44. The van der Waals surface area contributed by atoms with Gasteiger partial charge in [0.15, 0.2) is 11.5 Å². The number of benzene rings is 1. The van der Waals surface area contributed by atoms with Crippen LogP contribution in [0.15, 0.2) is 24.3 Å². The van der Waals surface area contributed by atoms with E-state index in [1.807, 2.05) is 0 Å². The summed E-state index contributed by atoms with van der Waals surface area (Å²) in [6, 6.07) is 4.55. The molecule has 0 aromatic heterocycles. The third kappa shape index (κ3) is 2.23. The Hall–Kier alpha value is -1.48. The first-order chi connectivity index (χ1) is 8.71. The first-order valence-electron chi connectivity index (χ1n) is 6.29. The predicted molar refractivity (Wildman–Crippen MR) is 73.4 cm³/mol. The number of ether oxygens (including phenoxy) is 2. The Morgan fingerprint density at radius 1 is 1.22 bits per heavy atom. The number of hydrogen-bond acceptors (Lipinski definition) is 3. The number of methoxy groups -OCH3 is 2. The number of fused-ring (bicyclic) bond motifs is 1. The van der Waals surface area contributed by atoms with Crippen molar-refractivity contribution in [2.24, 2.45) is 0 Å². The average molecular weight is 247 g/mol. The Morgan fingerprint density at radius 2 is 1.89 bits per heavy atom. The third-order valence-electron chi connectivity index (χ3n) is 3.55. The summed E-state index contributed by atoms with van der Waals surface area (Å²) >= 11 is 0. The fourth-order valence-corrected chi connectivity index (χ4v) is 2.53. The van der Waals surface area contributed by atoms with Gasteiger partial charge in [0, 0.05) is 6.54 Å². The molecule has 1 atom stereocenters. The molecule has 1 aliphatic rings. The molecule has 3 nitrogen and oxygen atoms in total. The standard InChI is InChI=1S/C15H21NO2/c1-5-6-13-12-10-15(18-4)14(17-3)9-11(12)7-8-16(13)2/h5-6,9-10,13H,7-8H2,1-4H3/b6-5+. The molecule has 0 radical (unpaired) electrons. The van der Waals surface area contributed by atoms with Gasteiger partial charge in [0.1, 0.15) is 0 Å². The van der Waals surface area contributed by atoms with Crippen LogP contribution in [0.1, 0.15) is 24.1 Å². The minimum absolute atomic E-state index is 0.332. The first-order valence-corrected chi connectivity index (χ1v) is 6.29. The molecule has 0 aliphatic carbocycles. The zero-order valence-electron chi connectivity index (χ0n) is 11.6. The zero-order chi connectivity index (χ0) is 13.1. The minimum atomic E-state index is 0.332. The van der Waals surface area contributed by atoms with Gasteiger partial charge in [0.05, 0.1) is 20.3 Å². The Balaban J connectivity index is 2.50. The van der Waals surface area contributed by atoms with Gasteiger partial charge < -0.3 is 9.47 Å². The van der Waals surface area contributed by atoms with Gasteiger partial charge in [-0.2, -0.15) is 0 Å². The van der Waals surface area contributed by atoms with Crippen LogP contribution < -0.4 is 9.47 Å². The lowest BCUT2D eigenvalue weighted by molar-refractivity contribution is 0.269. The molecule has 1 aromatic carbocycles. The van der Waals surface area contributed by atoms with E-state index in [1.165, 1.54) is 11.1 Å². The molecule has 1 unspecified atom stereocenters. The first kappa shape index (κ1) is 13.0. The van der Waals surface area contributed by atoms with Crippen molar-refractivity contribution in [1.29, 1.82) is 0 Å². The van der Waals surface area contributed by atoms with Crippen LogP contribution in [0.3, 0.4) is 0 Å². The summed E-state index contributed by atoms with van der Waals surface area (Å²) in [5, 5.41) is 0. The highest BCUT2D eigenvalue weighted by Gasteiger charge is 2.24. The number of nitrogens with zero attached hydrogens (tertiary/aromatic N) is 1. The van der Waals surface area contributed by atoms with Crippen LogP contribution in [0, 0.1) is 0 Å². The summed E-state index contributed by atoms with van der Waals surface area (Å²) < 4.78 is 10.8. The largest absolute Gasteiger partial charge is 0.493 e. The van der Waals surface area contributed by atoms with Crippen LogP contribution in [0.4, 0.5) is 0 Å². The molecule has 0 bridgehead atoms. The van der Waals surface area contributed by atoms with Crippen molar-refractivity contribution < 1.29 is 9.47 Å². The van der Waals surface area contributed by atoms with Crippen molar-refractivity contribution in [1.82, 2.24) is 4.90 Å². The fraction of sp³-hybridized carbons (Fsp3) is 0.467. The van der Waals surface area contributed by atoms with Crippen molar-refractivity contribution >= 4 is 0 Å². The third-order valence-corrected chi connectivity index (χ3v) is 3.55. The van der Waals surface area contributed by atoms with Crippen molar-refractivity contribution in [2.75, 3.05) is 27.8 Å². The summed E-state index contributed by atoms with van der Waals surface area (Å²) in [6.45, 7) is 3.13. The molecule has 0 N–H and O–H groups in total. The second-order valence-corrected chi connectivity index (χ2v) is 4.61. The quantitative estimate of drug-likeness (QED) is 0.767. The molecule has 0 fully saturated rings.